The molecular weight excluding hydrogens is 499 g/mol. The molecule has 3 aliphatic rings. The van der Waals surface area contributed by atoms with Gasteiger partial charge in [0.05, 0.1) is 16.6 Å². The first-order valence-corrected chi connectivity index (χ1v) is 14.8. The molecule has 0 aromatic heterocycles. The van der Waals surface area contributed by atoms with Crippen molar-refractivity contribution in [3.63, 3.8) is 0 Å². The van der Waals surface area contributed by atoms with Gasteiger partial charge in [-0.05, 0) is 101 Å². The maximum Gasteiger partial charge on any atom is 0.494 e. The second kappa shape index (κ2) is 8.00. The van der Waals surface area contributed by atoms with Gasteiger partial charge in [-0.25, -0.2) is 0 Å². The third kappa shape index (κ3) is 3.11. The molecule has 1 spiro atoms. The van der Waals surface area contributed by atoms with Gasteiger partial charge in [0.15, 0.2) is 0 Å². The van der Waals surface area contributed by atoms with Crippen molar-refractivity contribution in [2.24, 2.45) is 0 Å². The average molecular weight is 535 g/mol. The molecule has 1 heterocycles. The van der Waals surface area contributed by atoms with Gasteiger partial charge in [0.2, 0.25) is 0 Å². The van der Waals surface area contributed by atoms with Gasteiger partial charge in [-0.15, -0.1) is 0 Å². The van der Waals surface area contributed by atoms with E-state index >= 15 is 0 Å². The molecule has 1 aliphatic heterocycles. The van der Waals surface area contributed by atoms with E-state index in [4.69, 9.17) is 9.31 Å². The van der Waals surface area contributed by atoms with E-state index in [0.717, 1.165) is 5.46 Å². The van der Waals surface area contributed by atoms with Crippen LogP contribution in [0.3, 0.4) is 0 Å². The highest BCUT2D eigenvalue weighted by Gasteiger charge is 2.55. The van der Waals surface area contributed by atoms with Gasteiger partial charge in [0, 0.05) is 5.41 Å². The molecule has 8 rings (SSSR count). The lowest BCUT2D eigenvalue weighted by Crippen LogP contribution is -2.42. The Morgan fingerprint density at radius 3 is 1.54 bits per heavy atom. The van der Waals surface area contributed by atoms with Gasteiger partial charge < -0.3 is 9.31 Å². The van der Waals surface area contributed by atoms with Crippen LogP contribution in [0, 0.1) is 0 Å². The van der Waals surface area contributed by atoms with Gasteiger partial charge in [0.25, 0.3) is 0 Å². The first-order valence-electron chi connectivity index (χ1n) is 14.8. The molecule has 5 aromatic carbocycles. The molecule has 202 valence electrons. The lowest BCUT2D eigenvalue weighted by molar-refractivity contribution is 0.00578. The molecule has 41 heavy (non-hydrogen) atoms. The van der Waals surface area contributed by atoms with Gasteiger partial charge in [-0.3, -0.25) is 0 Å². The SMILES string of the molecule is CC1(C)c2ccccc2C2(c3cc(B4OC(C)(C)C(C)(C)O4)ccc3-c3cc4ccccc4cc32)c2ccccc21. The highest BCUT2D eigenvalue weighted by Crippen LogP contribution is 2.62. The van der Waals surface area contributed by atoms with Crippen molar-refractivity contribution in [1.29, 1.82) is 0 Å². The molecule has 1 fully saturated rings. The highest BCUT2D eigenvalue weighted by molar-refractivity contribution is 6.62. The summed E-state index contributed by atoms with van der Waals surface area (Å²) in [7, 11) is -0.421. The molecule has 0 radical (unpaired) electrons. The van der Waals surface area contributed by atoms with Crippen molar-refractivity contribution in [3.05, 3.63) is 137 Å². The van der Waals surface area contributed by atoms with Gasteiger partial charge >= 0.3 is 7.12 Å². The third-order valence-corrected chi connectivity index (χ3v) is 10.6. The Balaban J connectivity index is 1.50. The molecule has 5 aromatic rings. The van der Waals surface area contributed by atoms with Gasteiger partial charge in [-0.1, -0.05) is 105 Å². The topological polar surface area (TPSA) is 18.5 Å². The quantitative estimate of drug-likeness (QED) is 0.198. The van der Waals surface area contributed by atoms with Crippen molar-refractivity contribution < 1.29 is 9.31 Å². The smallest absolute Gasteiger partial charge is 0.399 e. The fourth-order valence-corrected chi connectivity index (χ4v) is 7.73. The van der Waals surface area contributed by atoms with Gasteiger partial charge in [0.1, 0.15) is 0 Å². The summed E-state index contributed by atoms with van der Waals surface area (Å²) in [6.45, 7) is 13.2. The van der Waals surface area contributed by atoms with Crippen LogP contribution in [0.1, 0.15) is 74.9 Å². The second-order valence-electron chi connectivity index (χ2n) is 13.6. The Bertz CT molecular complexity index is 1830. The summed E-state index contributed by atoms with van der Waals surface area (Å²) in [4.78, 5) is 0. The minimum absolute atomic E-state index is 0.123. The monoisotopic (exact) mass is 534 g/mol. The van der Waals surface area contributed by atoms with Crippen LogP contribution in [-0.4, -0.2) is 18.3 Å². The van der Waals surface area contributed by atoms with Crippen LogP contribution in [0.15, 0.2) is 103 Å². The second-order valence-corrected chi connectivity index (χ2v) is 13.6. The van der Waals surface area contributed by atoms with Crippen LogP contribution in [-0.2, 0) is 20.1 Å². The van der Waals surface area contributed by atoms with Crippen LogP contribution in [0.25, 0.3) is 21.9 Å². The summed E-state index contributed by atoms with van der Waals surface area (Å²) in [6.07, 6.45) is 0. The zero-order valence-corrected chi connectivity index (χ0v) is 24.7. The fraction of sp³-hybridized carbons (Fsp3) is 0.263. The summed E-state index contributed by atoms with van der Waals surface area (Å²) in [6, 6.07) is 38.7. The summed E-state index contributed by atoms with van der Waals surface area (Å²) >= 11 is 0. The number of fused-ring (bicyclic) bond motifs is 10. The summed E-state index contributed by atoms with van der Waals surface area (Å²) in [5.41, 5.74) is 10.5. The van der Waals surface area contributed by atoms with E-state index in [1.165, 1.54) is 55.3 Å². The average Bonchev–Trinajstić information content (AvgIpc) is 3.36. The van der Waals surface area contributed by atoms with Crippen molar-refractivity contribution in [2.75, 3.05) is 0 Å². The molecule has 0 amide bonds. The Kier molecular flexibility index (Phi) is 4.89. The van der Waals surface area contributed by atoms with Crippen molar-refractivity contribution in [3.8, 4) is 11.1 Å². The molecule has 3 heteroatoms. The first kappa shape index (κ1) is 25.1. The standard InChI is InChI=1S/C38H35BO2/c1-35(2)29-15-9-11-17-31(29)38(32-18-12-10-16-30(32)35)33-22-25-14-8-7-13-24(25)21-28(33)27-20-19-26(23-34(27)38)39-40-36(3,4)37(5,6)41-39/h7-23H,1-6H3. The summed E-state index contributed by atoms with van der Waals surface area (Å²) in [5.74, 6) is 0. The Hall–Kier alpha value is -3.66. The van der Waals surface area contributed by atoms with E-state index in [-0.39, 0.29) is 5.41 Å². The molecule has 0 saturated carbocycles. The number of hydrogen-bond donors (Lipinski definition) is 0. The Morgan fingerprint density at radius 1 is 0.463 bits per heavy atom. The van der Waals surface area contributed by atoms with Gasteiger partial charge in [-0.2, -0.15) is 0 Å². The van der Waals surface area contributed by atoms with E-state index in [1.807, 2.05) is 0 Å². The Labute approximate surface area is 243 Å². The van der Waals surface area contributed by atoms with Crippen molar-refractivity contribution in [2.45, 2.75) is 63.6 Å². The molecule has 0 bridgehead atoms. The molecule has 0 unspecified atom stereocenters. The third-order valence-electron chi connectivity index (χ3n) is 10.6. The summed E-state index contributed by atoms with van der Waals surface area (Å²) in [5, 5.41) is 2.53. The van der Waals surface area contributed by atoms with Crippen molar-refractivity contribution in [1.82, 2.24) is 0 Å². The fourth-order valence-electron chi connectivity index (χ4n) is 7.73. The highest BCUT2D eigenvalue weighted by atomic mass is 16.7. The zero-order valence-electron chi connectivity index (χ0n) is 24.7. The van der Waals surface area contributed by atoms with Crippen LogP contribution in [0.4, 0.5) is 0 Å². The largest absolute Gasteiger partial charge is 0.494 e. The Morgan fingerprint density at radius 2 is 0.951 bits per heavy atom. The molecule has 2 nitrogen and oxygen atoms in total. The van der Waals surface area contributed by atoms with Crippen LogP contribution in [0.2, 0.25) is 0 Å². The lowest BCUT2D eigenvalue weighted by atomic mass is 9.55. The molecule has 1 saturated heterocycles. The minimum atomic E-state index is -0.447. The first-order chi connectivity index (χ1) is 19.6. The maximum absolute atomic E-state index is 6.58. The molecule has 0 atom stereocenters. The zero-order chi connectivity index (χ0) is 28.4. The number of benzene rings is 5. The van der Waals surface area contributed by atoms with Crippen LogP contribution in [0.5, 0.6) is 0 Å². The van der Waals surface area contributed by atoms with Crippen LogP contribution >= 0.6 is 0 Å². The van der Waals surface area contributed by atoms with E-state index < -0.39 is 23.7 Å². The van der Waals surface area contributed by atoms with Crippen molar-refractivity contribution >= 4 is 23.4 Å². The normalized spacial score (nSPS) is 20.0. The van der Waals surface area contributed by atoms with Crippen LogP contribution < -0.4 is 5.46 Å². The van der Waals surface area contributed by atoms with E-state index in [9.17, 15) is 0 Å². The minimum Gasteiger partial charge on any atom is -0.399 e. The molecular formula is C38H35BO2. The number of hydrogen-bond acceptors (Lipinski definition) is 2. The molecule has 0 N–H and O–H groups in total. The van der Waals surface area contributed by atoms with E-state index in [2.05, 4.69) is 145 Å². The number of rotatable bonds is 1. The van der Waals surface area contributed by atoms with E-state index in [1.54, 1.807) is 0 Å². The molecule has 2 aliphatic carbocycles. The predicted octanol–water partition coefficient (Wildman–Crippen LogP) is 8.14. The lowest BCUT2D eigenvalue weighted by Gasteiger charge is -2.46. The maximum atomic E-state index is 6.58. The predicted molar refractivity (Wildman–Crippen MR) is 169 cm³/mol. The van der Waals surface area contributed by atoms with E-state index in [0.29, 0.717) is 0 Å². The summed E-state index contributed by atoms with van der Waals surface area (Å²) < 4.78 is 13.2.